The Kier molecular flexibility index (Phi) is 5.50. The van der Waals surface area contributed by atoms with Gasteiger partial charge in [-0.3, -0.25) is 0 Å². The summed E-state index contributed by atoms with van der Waals surface area (Å²) in [5, 5.41) is 3.30. The van der Waals surface area contributed by atoms with E-state index in [1.54, 1.807) is 6.20 Å². The van der Waals surface area contributed by atoms with Crippen LogP contribution in [-0.4, -0.2) is 36.9 Å². The zero-order chi connectivity index (χ0) is 12.7. The standard InChI is InChI=1S/C11H19N3O2S/c1-3-13-10(5-4-8-17(2,15)16)11-6-7-12-9-14-11/h6-7,9-10,13H,3-5,8H2,1-2H3. The van der Waals surface area contributed by atoms with E-state index in [9.17, 15) is 8.42 Å². The first kappa shape index (κ1) is 14.1. The highest BCUT2D eigenvalue weighted by molar-refractivity contribution is 7.90. The van der Waals surface area contributed by atoms with Gasteiger partial charge in [-0.1, -0.05) is 6.92 Å². The van der Waals surface area contributed by atoms with Gasteiger partial charge in [0.1, 0.15) is 16.2 Å². The Labute approximate surface area is 103 Å². The minimum Gasteiger partial charge on any atom is -0.309 e. The Bertz CT molecular complexity index is 420. The zero-order valence-corrected chi connectivity index (χ0v) is 11.1. The van der Waals surface area contributed by atoms with Crippen molar-refractivity contribution in [1.29, 1.82) is 0 Å². The maximum Gasteiger partial charge on any atom is 0.147 e. The quantitative estimate of drug-likeness (QED) is 0.787. The molecule has 1 heterocycles. The molecule has 0 radical (unpaired) electrons. The van der Waals surface area contributed by atoms with Crippen LogP contribution in [0.15, 0.2) is 18.6 Å². The van der Waals surface area contributed by atoms with Crippen molar-refractivity contribution in [2.75, 3.05) is 18.6 Å². The van der Waals surface area contributed by atoms with Crippen LogP contribution in [0.5, 0.6) is 0 Å². The fourth-order valence-corrected chi connectivity index (χ4v) is 2.35. The van der Waals surface area contributed by atoms with Crippen LogP contribution < -0.4 is 5.32 Å². The molecule has 1 atom stereocenters. The van der Waals surface area contributed by atoms with E-state index < -0.39 is 9.84 Å². The summed E-state index contributed by atoms with van der Waals surface area (Å²) in [5.74, 6) is 0.222. The first-order valence-corrected chi connectivity index (χ1v) is 7.76. The molecule has 1 aromatic heterocycles. The molecule has 0 aromatic carbocycles. The summed E-state index contributed by atoms with van der Waals surface area (Å²) in [7, 11) is -2.88. The molecule has 0 amide bonds. The summed E-state index contributed by atoms with van der Waals surface area (Å²) in [5.41, 5.74) is 0.912. The highest BCUT2D eigenvalue weighted by atomic mass is 32.2. The van der Waals surface area contributed by atoms with Crippen molar-refractivity contribution in [3.05, 3.63) is 24.3 Å². The number of aromatic nitrogens is 2. The lowest BCUT2D eigenvalue weighted by Gasteiger charge is -2.16. The Balaban J connectivity index is 2.56. The van der Waals surface area contributed by atoms with Gasteiger partial charge in [-0.25, -0.2) is 18.4 Å². The SMILES string of the molecule is CCNC(CCCS(C)(=O)=O)c1ccncn1. The predicted octanol–water partition coefficient (Wildman–Crippen LogP) is 0.952. The first-order valence-electron chi connectivity index (χ1n) is 5.70. The minimum atomic E-state index is -2.88. The summed E-state index contributed by atoms with van der Waals surface area (Å²) in [6.07, 6.45) is 5.87. The Morgan fingerprint density at radius 1 is 1.47 bits per heavy atom. The molecule has 1 aromatic rings. The average molecular weight is 257 g/mol. The number of rotatable bonds is 7. The van der Waals surface area contributed by atoms with E-state index in [-0.39, 0.29) is 11.8 Å². The van der Waals surface area contributed by atoms with Crippen LogP contribution in [0, 0.1) is 0 Å². The number of nitrogens with one attached hydrogen (secondary N) is 1. The fourth-order valence-electron chi connectivity index (χ4n) is 1.66. The molecule has 0 saturated heterocycles. The van der Waals surface area contributed by atoms with E-state index >= 15 is 0 Å². The molecule has 17 heavy (non-hydrogen) atoms. The van der Waals surface area contributed by atoms with Gasteiger partial charge in [-0.05, 0) is 25.5 Å². The van der Waals surface area contributed by atoms with Gasteiger partial charge < -0.3 is 5.32 Å². The maximum atomic E-state index is 11.1. The monoisotopic (exact) mass is 257 g/mol. The number of hydrogen-bond donors (Lipinski definition) is 1. The lowest BCUT2D eigenvalue weighted by atomic mass is 10.1. The largest absolute Gasteiger partial charge is 0.309 e. The highest BCUT2D eigenvalue weighted by Crippen LogP contribution is 2.15. The van der Waals surface area contributed by atoms with Crippen LogP contribution in [0.4, 0.5) is 0 Å². The van der Waals surface area contributed by atoms with Crippen LogP contribution >= 0.6 is 0 Å². The van der Waals surface area contributed by atoms with Gasteiger partial charge in [-0.2, -0.15) is 0 Å². The summed E-state index contributed by atoms with van der Waals surface area (Å²) in [4.78, 5) is 8.06. The molecule has 6 heteroatoms. The van der Waals surface area contributed by atoms with E-state index in [0.29, 0.717) is 6.42 Å². The van der Waals surface area contributed by atoms with Gasteiger partial charge in [0.05, 0.1) is 5.69 Å². The molecule has 1 rings (SSSR count). The first-order chi connectivity index (χ1) is 8.03. The van der Waals surface area contributed by atoms with Crippen LogP contribution in [-0.2, 0) is 9.84 Å². The third-order valence-corrected chi connectivity index (χ3v) is 3.45. The summed E-state index contributed by atoms with van der Waals surface area (Å²) < 4.78 is 22.1. The molecule has 0 aliphatic rings. The molecule has 0 aliphatic carbocycles. The smallest absolute Gasteiger partial charge is 0.147 e. The normalized spacial score (nSPS) is 13.5. The van der Waals surface area contributed by atoms with Crippen molar-refractivity contribution in [2.24, 2.45) is 0 Å². The second kappa shape index (κ2) is 6.66. The molecule has 0 spiro atoms. The third kappa shape index (κ3) is 5.74. The van der Waals surface area contributed by atoms with E-state index in [0.717, 1.165) is 18.7 Å². The molecule has 0 saturated carbocycles. The Morgan fingerprint density at radius 2 is 2.24 bits per heavy atom. The van der Waals surface area contributed by atoms with E-state index in [2.05, 4.69) is 15.3 Å². The predicted molar refractivity (Wildman–Crippen MR) is 67.4 cm³/mol. The molecule has 1 unspecified atom stereocenters. The number of nitrogens with zero attached hydrogens (tertiary/aromatic N) is 2. The maximum absolute atomic E-state index is 11.1. The van der Waals surface area contributed by atoms with Gasteiger partial charge >= 0.3 is 0 Å². The highest BCUT2D eigenvalue weighted by Gasteiger charge is 2.12. The van der Waals surface area contributed by atoms with Crippen LogP contribution in [0.1, 0.15) is 31.5 Å². The van der Waals surface area contributed by atoms with Crippen molar-refractivity contribution >= 4 is 9.84 Å². The van der Waals surface area contributed by atoms with Crippen LogP contribution in [0.25, 0.3) is 0 Å². The fraction of sp³-hybridized carbons (Fsp3) is 0.636. The zero-order valence-electron chi connectivity index (χ0n) is 10.3. The van der Waals surface area contributed by atoms with Crippen LogP contribution in [0.3, 0.4) is 0 Å². The van der Waals surface area contributed by atoms with Crippen molar-refractivity contribution in [3.8, 4) is 0 Å². The molecular weight excluding hydrogens is 238 g/mol. The molecule has 5 nitrogen and oxygen atoms in total. The topological polar surface area (TPSA) is 72.0 Å². The lowest BCUT2D eigenvalue weighted by Crippen LogP contribution is -2.22. The van der Waals surface area contributed by atoms with Crippen molar-refractivity contribution in [2.45, 2.75) is 25.8 Å². The molecule has 1 N–H and O–H groups in total. The Hall–Kier alpha value is -1.01. The minimum absolute atomic E-state index is 0.102. The molecule has 0 bridgehead atoms. The second-order valence-corrected chi connectivity index (χ2v) is 6.28. The summed E-state index contributed by atoms with van der Waals surface area (Å²) in [6, 6.07) is 1.96. The van der Waals surface area contributed by atoms with Gasteiger partial charge in [-0.15, -0.1) is 0 Å². The average Bonchev–Trinajstić information content (AvgIpc) is 2.27. The third-order valence-electron chi connectivity index (χ3n) is 2.42. The molecule has 0 aliphatic heterocycles. The van der Waals surface area contributed by atoms with Gasteiger partial charge in [0.15, 0.2) is 0 Å². The van der Waals surface area contributed by atoms with E-state index in [1.165, 1.54) is 12.6 Å². The van der Waals surface area contributed by atoms with E-state index in [1.807, 2.05) is 13.0 Å². The Morgan fingerprint density at radius 3 is 2.76 bits per heavy atom. The number of sulfone groups is 1. The van der Waals surface area contributed by atoms with Crippen molar-refractivity contribution in [3.63, 3.8) is 0 Å². The summed E-state index contributed by atoms with van der Waals surface area (Å²) >= 11 is 0. The summed E-state index contributed by atoms with van der Waals surface area (Å²) in [6.45, 7) is 2.85. The molecule has 96 valence electrons. The lowest BCUT2D eigenvalue weighted by molar-refractivity contribution is 0.495. The number of hydrogen-bond acceptors (Lipinski definition) is 5. The van der Waals surface area contributed by atoms with Gasteiger partial charge in [0.2, 0.25) is 0 Å². The van der Waals surface area contributed by atoms with Crippen LogP contribution in [0.2, 0.25) is 0 Å². The van der Waals surface area contributed by atoms with E-state index in [4.69, 9.17) is 0 Å². The molecular formula is C11H19N3O2S. The molecule has 0 fully saturated rings. The van der Waals surface area contributed by atoms with Gasteiger partial charge in [0.25, 0.3) is 0 Å². The second-order valence-electron chi connectivity index (χ2n) is 4.02. The van der Waals surface area contributed by atoms with Crippen molar-refractivity contribution < 1.29 is 8.42 Å². The van der Waals surface area contributed by atoms with Crippen molar-refractivity contribution in [1.82, 2.24) is 15.3 Å². The van der Waals surface area contributed by atoms with Gasteiger partial charge in [0, 0.05) is 24.2 Å².